The summed E-state index contributed by atoms with van der Waals surface area (Å²) in [6.45, 7) is 8.37. The Morgan fingerprint density at radius 2 is 1.72 bits per heavy atom. The van der Waals surface area contributed by atoms with Crippen LogP contribution in [0.4, 0.5) is 22.0 Å². The van der Waals surface area contributed by atoms with Crippen LogP contribution in [-0.2, 0) is 4.74 Å². The summed E-state index contributed by atoms with van der Waals surface area (Å²) < 4.78 is 5.45. The number of carbonyl (C=O) groups is 1. The molecule has 3 rings (SSSR count). The van der Waals surface area contributed by atoms with E-state index in [1.807, 2.05) is 71.3 Å². The molecule has 1 atom stereocenters. The van der Waals surface area contributed by atoms with Gasteiger partial charge in [0.15, 0.2) is 0 Å². The van der Waals surface area contributed by atoms with Gasteiger partial charge in [-0.25, -0.2) is 14.8 Å². The molecule has 3 aromatic rings. The average molecular weight is 490 g/mol. The third-order valence-corrected chi connectivity index (χ3v) is 5.72. The van der Waals surface area contributed by atoms with E-state index in [1.54, 1.807) is 11.9 Å². The number of anilines is 3. The number of carbonyl (C=O) groups excluding carboxylic acids is 1. The maximum Gasteiger partial charge on any atom is 0.410 e. The summed E-state index contributed by atoms with van der Waals surface area (Å²) in [5.74, 6) is 1.66. The van der Waals surface area contributed by atoms with E-state index in [0.717, 1.165) is 47.1 Å². The van der Waals surface area contributed by atoms with Gasteiger partial charge in [0, 0.05) is 56.6 Å². The summed E-state index contributed by atoms with van der Waals surface area (Å²) in [4.78, 5) is 25.7. The lowest BCUT2D eigenvalue weighted by atomic mass is 10.0. The minimum atomic E-state index is -0.500. The van der Waals surface area contributed by atoms with Gasteiger partial charge in [0.1, 0.15) is 17.2 Å². The van der Waals surface area contributed by atoms with Crippen molar-refractivity contribution < 1.29 is 9.53 Å². The molecular weight excluding hydrogens is 450 g/mol. The zero-order valence-corrected chi connectivity index (χ0v) is 22.6. The molecule has 0 saturated carbocycles. The van der Waals surface area contributed by atoms with Gasteiger partial charge in [-0.05, 0) is 51.8 Å². The van der Waals surface area contributed by atoms with Crippen LogP contribution in [0.15, 0.2) is 60.7 Å². The molecule has 1 N–H and O–H groups in total. The number of amides is 1. The van der Waals surface area contributed by atoms with Crippen LogP contribution in [0.2, 0.25) is 0 Å². The van der Waals surface area contributed by atoms with Gasteiger partial charge in [-0.15, -0.1) is 0 Å². The number of hydrogen-bond donors (Lipinski definition) is 1. The third-order valence-electron chi connectivity index (χ3n) is 5.72. The van der Waals surface area contributed by atoms with Crippen molar-refractivity contribution in [1.29, 1.82) is 0 Å². The summed E-state index contributed by atoms with van der Waals surface area (Å²) in [5, 5.41) is 3.47. The minimum absolute atomic E-state index is 0.120. The number of nitrogens with one attached hydrogen (secondary N) is 1. The van der Waals surface area contributed by atoms with Crippen molar-refractivity contribution in [1.82, 2.24) is 14.9 Å². The highest BCUT2D eigenvalue weighted by molar-refractivity contribution is 5.68. The molecule has 0 spiro atoms. The lowest BCUT2D eigenvalue weighted by Gasteiger charge is -2.25. The Balaban J connectivity index is 1.77. The monoisotopic (exact) mass is 489 g/mol. The highest BCUT2D eigenvalue weighted by Crippen LogP contribution is 2.27. The summed E-state index contributed by atoms with van der Waals surface area (Å²) in [6, 6.07) is 20.4. The lowest BCUT2D eigenvalue weighted by molar-refractivity contribution is 0.0295. The molecule has 0 aliphatic carbocycles. The quantitative estimate of drug-likeness (QED) is 0.360. The molecule has 0 fully saturated rings. The molecule has 2 aromatic carbocycles. The zero-order chi connectivity index (χ0) is 26.3. The van der Waals surface area contributed by atoms with Crippen molar-refractivity contribution in [2.24, 2.45) is 0 Å². The van der Waals surface area contributed by atoms with Crippen LogP contribution < -0.4 is 10.2 Å². The Hall–Kier alpha value is -3.61. The maximum atomic E-state index is 12.3. The first-order chi connectivity index (χ1) is 17.0. The normalized spacial score (nSPS) is 12.1. The second kappa shape index (κ2) is 11.9. The molecule has 0 aliphatic heterocycles. The Labute approximate surface area is 215 Å². The van der Waals surface area contributed by atoms with E-state index in [-0.39, 0.29) is 12.0 Å². The molecular formula is C29H39N5O2. The van der Waals surface area contributed by atoms with Crippen molar-refractivity contribution >= 4 is 23.3 Å². The van der Waals surface area contributed by atoms with Crippen molar-refractivity contribution in [3.8, 4) is 11.3 Å². The fraction of sp³-hybridized carbons (Fsp3) is 0.414. The highest BCUT2D eigenvalue weighted by atomic mass is 16.6. The van der Waals surface area contributed by atoms with Crippen LogP contribution in [0.5, 0.6) is 0 Å². The molecule has 1 unspecified atom stereocenters. The second-order valence-electron chi connectivity index (χ2n) is 10.4. The van der Waals surface area contributed by atoms with E-state index in [9.17, 15) is 4.79 Å². The summed E-state index contributed by atoms with van der Waals surface area (Å²) in [5.41, 5.74) is 3.50. The van der Waals surface area contributed by atoms with Gasteiger partial charge in [-0.2, -0.15) is 0 Å². The van der Waals surface area contributed by atoms with Crippen LogP contribution in [-0.4, -0.2) is 54.2 Å². The topological polar surface area (TPSA) is 70.6 Å². The molecule has 7 heteroatoms. The number of nitrogens with zero attached hydrogens (tertiary/aromatic N) is 4. The number of rotatable bonds is 9. The number of benzene rings is 2. The predicted octanol–water partition coefficient (Wildman–Crippen LogP) is 6.70. The Morgan fingerprint density at radius 1 is 1.00 bits per heavy atom. The molecule has 36 heavy (non-hydrogen) atoms. The van der Waals surface area contributed by atoms with Crippen LogP contribution >= 0.6 is 0 Å². The van der Waals surface area contributed by atoms with E-state index in [0.29, 0.717) is 6.54 Å². The molecule has 0 bridgehead atoms. The van der Waals surface area contributed by atoms with Crippen LogP contribution in [0.3, 0.4) is 0 Å². The molecule has 7 nitrogen and oxygen atoms in total. The molecule has 1 amide bonds. The molecule has 192 valence electrons. The van der Waals surface area contributed by atoms with E-state index < -0.39 is 5.60 Å². The molecule has 0 radical (unpaired) electrons. The molecule has 1 aromatic heterocycles. The molecule has 0 aliphatic rings. The second-order valence-corrected chi connectivity index (χ2v) is 10.4. The first-order valence-corrected chi connectivity index (χ1v) is 12.4. The maximum absolute atomic E-state index is 12.3. The summed E-state index contributed by atoms with van der Waals surface area (Å²) in [6.07, 6.45) is 1.37. The number of aromatic nitrogens is 2. The van der Waals surface area contributed by atoms with Crippen LogP contribution in [0.25, 0.3) is 11.3 Å². The van der Waals surface area contributed by atoms with Gasteiger partial charge >= 0.3 is 6.09 Å². The minimum Gasteiger partial charge on any atom is -0.444 e. The number of ether oxygens (including phenoxy) is 1. The Kier molecular flexibility index (Phi) is 8.91. The lowest BCUT2D eigenvalue weighted by Crippen LogP contribution is -2.34. The van der Waals surface area contributed by atoms with Gasteiger partial charge in [-0.3, -0.25) is 0 Å². The predicted molar refractivity (Wildman–Crippen MR) is 148 cm³/mol. The SMILES string of the molecule is CC(CCCN(C)C(=O)OC(C)(C)C)c1nc(Nc2cccc(N(C)C)c2)cc(-c2ccccc2)n1. The van der Waals surface area contributed by atoms with Gasteiger partial charge in [0.05, 0.1) is 5.69 Å². The van der Waals surface area contributed by atoms with Crippen LogP contribution in [0, 0.1) is 0 Å². The van der Waals surface area contributed by atoms with E-state index in [1.165, 1.54) is 0 Å². The highest BCUT2D eigenvalue weighted by Gasteiger charge is 2.20. The Morgan fingerprint density at radius 3 is 2.39 bits per heavy atom. The fourth-order valence-corrected chi connectivity index (χ4v) is 3.71. The van der Waals surface area contributed by atoms with Crippen molar-refractivity contribution in [3.63, 3.8) is 0 Å². The van der Waals surface area contributed by atoms with Crippen molar-refractivity contribution in [2.45, 2.75) is 52.1 Å². The summed E-state index contributed by atoms with van der Waals surface area (Å²) >= 11 is 0. The van der Waals surface area contributed by atoms with Crippen molar-refractivity contribution in [2.75, 3.05) is 37.9 Å². The molecule has 0 saturated heterocycles. The summed E-state index contributed by atoms with van der Waals surface area (Å²) in [7, 11) is 5.82. The average Bonchev–Trinajstić information content (AvgIpc) is 2.83. The Bertz CT molecular complexity index is 1140. The standard InChI is InChI=1S/C29H39N5O2/c1-21(13-12-18-34(7)28(35)36-29(2,3)4)27-31-25(22-14-9-8-10-15-22)20-26(32-27)30-23-16-11-17-24(19-23)33(5)6/h8-11,14-17,19-21H,12-13,18H2,1-7H3,(H,30,31,32). The van der Waals surface area contributed by atoms with E-state index in [2.05, 4.69) is 41.4 Å². The first-order valence-electron chi connectivity index (χ1n) is 12.4. The van der Waals surface area contributed by atoms with Gasteiger partial charge in [-0.1, -0.05) is 43.3 Å². The third kappa shape index (κ3) is 7.97. The zero-order valence-electron chi connectivity index (χ0n) is 22.6. The van der Waals surface area contributed by atoms with Gasteiger partial charge < -0.3 is 19.9 Å². The van der Waals surface area contributed by atoms with Gasteiger partial charge in [0.2, 0.25) is 0 Å². The number of hydrogen-bond acceptors (Lipinski definition) is 6. The van der Waals surface area contributed by atoms with E-state index in [4.69, 9.17) is 14.7 Å². The smallest absolute Gasteiger partial charge is 0.410 e. The van der Waals surface area contributed by atoms with Crippen molar-refractivity contribution in [3.05, 3.63) is 66.5 Å². The van der Waals surface area contributed by atoms with E-state index >= 15 is 0 Å². The largest absolute Gasteiger partial charge is 0.444 e. The fourth-order valence-electron chi connectivity index (χ4n) is 3.71. The first kappa shape index (κ1) is 27.0. The van der Waals surface area contributed by atoms with Crippen LogP contribution in [0.1, 0.15) is 52.3 Å². The molecule has 1 heterocycles. The van der Waals surface area contributed by atoms with Gasteiger partial charge in [0.25, 0.3) is 0 Å².